The van der Waals surface area contributed by atoms with Gasteiger partial charge in [-0.1, -0.05) is 66.5 Å². The standard InChI is InChI=1S/C26H36BrN3O4S/c1-3-5-12-29-24(33)22-26-14-18(27)21(35-26)19(23(32)28-11-4-2)20(26)25(34)30(22)17(15-31)13-16-9-7-6-8-10-16/h6-10,17-22,31H,3-5,11-15H2,1-2H3,(H,28,32)(H,29,33)/t17-,18?,19-,20+,21-,22?,26?/m1/s1. The average molecular weight is 567 g/mol. The summed E-state index contributed by atoms with van der Waals surface area (Å²) >= 11 is 5.41. The SMILES string of the molecule is CCCCNC(=O)C1N([C@@H](CO)Cc2ccccc2)C(=O)[C@@H]2[C@@H](C(=O)NCCC)[C@@H]3SC12CC3Br. The number of fused-ring (bicyclic) bond motifs is 1. The van der Waals surface area contributed by atoms with E-state index in [-0.39, 0.29) is 34.4 Å². The Hall–Kier alpha value is -1.58. The van der Waals surface area contributed by atoms with Crippen molar-refractivity contribution >= 4 is 45.4 Å². The predicted molar refractivity (Wildman–Crippen MR) is 141 cm³/mol. The minimum absolute atomic E-state index is 0.0431. The maximum absolute atomic E-state index is 14.1. The lowest BCUT2D eigenvalue weighted by molar-refractivity contribution is -0.142. The van der Waals surface area contributed by atoms with Gasteiger partial charge in [-0.25, -0.2) is 0 Å². The number of hydrogen-bond donors (Lipinski definition) is 3. The Bertz CT molecular complexity index is 934. The van der Waals surface area contributed by atoms with Gasteiger partial charge >= 0.3 is 0 Å². The van der Waals surface area contributed by atoms with Crippen molar-refractivity contribution in [3.63, 3.8) is 0 Å². The molecule has 0 aromatic heterocycles. The summed E-state index contributed by atoms with van der Waals surface area (Å²) in [5.74, 6) is -1.53. The van der Waals surface area contributed by atoms with Gasteiger partial charge in [-0.05, 0) is 31.2 Å². The van der Waals surface area contributed by atoms with Crippen molar-refractivity contribution in [2.75, 3.05) is 19.7 Å². The summed E-state index contributed by atoms with van der Waals surface area (Å²) in [5.41, 5.74) is 0.992. The van der Waals surface area contributed by atoms with Crippen molar-refractivity contribution in [1.82, 2.24) is 15.5 Å². The average Bonchev–Trinajstić information content (AvgIpc) is 3.45. The highest BCUT2D eigenvalue weighted by molar-refractivity contribution is 9.09. The zero-order valence-corrected chi connectivity index (χ0v) is 22.8. The smallest absolute Gasteiger partial charge is 0.244 e. The number of carbonyl (C=O) groups is 3. The van der Waals surface area contributed by atoms with Crippen LogP contribution in [0.4, 0.5) is 0 Å². The lowest BCUT2D eigenvalue weighted by atomic mass is 9.70. The molecule has 0 saturated carbocycles. The van der Waals surface area contributed by atoms with E-state index in [0.29, 0.717) is 25.9 Å². The van der Waals surface area contributed by atoms with Crippen molar-refractivity contribution < 1.29 is 19.5 Å². The first-order valence-corrected chi connectivity index (χ1v) is 14.5. The maximum atomic E-state index is 14.1. The first-order valence-electron chi connectivity index (χ1n) is 12.7. The van der Waals surface area contributed by atoms with Gasteiger partial charge in [0.1, 0.15) is 6.04 Å². The van der Waals surface area contributed by atoms with E-state index in [4.69, 9.17) is 0 Å². The van der Waals surface area contributed by atoms with Gasteiger partial charge in [0.05, 0.1) is 29.2 Å². The van der Waals surface area contributed by atoms with E-state index >= 15 is 0 Å². The number of rotatable bonds is 11. The Balaban J connectivity index is 1.72. The van der Waals surface area contributed by atoms with E-state index in [9.17, 15) is 19.5 Å². The number of aliphatic hydroxyl groups is 1. The van der Waals surface area contributed by atoms with Crippen molar-refractivity contribution in [3.05, 3.63) is 35.9 Å². The van der Waals surface area contributed by atoms with Gasteiger partial charge in [-0.15, -0.1) is 11.8 Å². The number of nitrogens with zero attached hydrogens (tertiary/aromatic N) is 1. The topological polar surface area (TPSA) is 98.7 Å². The molecule has 0 aliphatic carbocycles. The molecule has 3 aliphatic heterocycles. The minimum Gasteiger partial charge on any atom is -0.394 e. The highest BCUT2D eigenvalue weighted by Gasteiger charge is 2.76. The van der Waals surface area contributed by atoms with E-state index in [2.05, 4.69) is 33.5 Å². The molecule has 4 rings (SSSR count). The molecular weight excluding hydrogens is 530 g/mol. The molecule has 192 valence electrons. The van der Waals surface area contributed by atoms with E-state index in [1.54, 1.807) is 16.7 Å². The second-order valence-corrected chi connectivity index (χ2v) is 12.6. The van der Waals surface area contributed by atoms with Crippen LogP contribution in [-0.2, 0) is 20.8 Å². The number of alkyl halides is 1. The highest BCUT2D eigenvalue weighted by atomic mass is 79.9. The van der Waals surface area contributed by atoms with Crippen LogP contribution in [0.15, 0.2) is 30.3 Å². The quantitative estimate of drug-likeness (QED) is 0.283. The lowest BCUT2D eigenvalue weighted by Gasteiger charge is -2.37. The minimum atomic E-state index is -0.725. The summed E-state index contributed by atoms with van der Waals surface area (Å²) in [4.78, 5) is 42.8. The van der Waals surface area contributed by atoms with Crippen LogP contribution in [0.2, 0.25) is 0 Å². The molecule has 7 atom stereocenters. The summed E-state index contributed by atoms with van der Waals surface area (Å²) in [6.45, 7) is 4.92. The molecule has 0 radical (unpaired) electrons. The second kappa shape index (κ2) is 11.2. The third kappa shape index (κ3) is 4.76. The number of unbranched alkanes of at least 4 members (excludes halogenated alkanes) is 1. The summed E-state index contributed by atoms with van der Waals surface area (Å²) in [7, 11) is 0. The normalized spacial score (nSPS) is 31.9. The Morgan fingerprint density at radius 3 is 2.54 bits per heavy atom. The molecule has 3 unspecified atom stereocenters. The van der Waals surface area contributed by atoms with Crippen LogP contribution in [0, 0.1) is 11.8 Å². The molecular formula is C26H36BrN3O4S. The second-order valence-electron chi connectivity index (χ2n) is 9.87. The van der Waals surface area contributed by atoms with E-state index in [1.807, 2.05) is 37.3 Å². The number of carbonyl (C=O) groups excluding carboxylic acids is 3. The monoisotopic (exact) mass is 565 g/mol. The van der Waals surface area contributed by atoms with E-state index < -0.39 is 28.7 Å². The third-order valence-corrected chi connectivity index (χ3v) is 10.8. The molecule has 3 aliphatic rings. The fourth-order valence-electron chi connectivity index (χ4n) is 6.05. The van der Waals surface area contributed by atoms with Crippen LogP contribution in [0.5, 0.6) is 0 Å². The highest BCUT2D eigenvalue weighted by Crippen LogP contribution is 2.67. The molecule has 3 N–H and O–H groups in total. The van der Waals surface area contributed by atoms with Crippen molar-refractivity contribution in [2.24, 2.45) is 11.8 Å². The molecule has 1 aromatic rings. The number of halogens is 1. The zero-order chi connectivity index (χ0) is 25.2. The van der Waals surface area contributed by atoms with Crippen molar-refractivity contribution in [2.45, 2.75) is 72.9 Å². The van der Waals surface area contributed by atoms with Gasteiger partial charge in [-0.2, -0.15) is 0 Å². The van der Waals surface area contributed by atoms with Gasteiger partial charge < -0.3 is 20.6 Å². The van der Waals surface area contributed by atoms with Gasteiger partial charge in [0.2, 0.25) is 17.7 Å². The Morgan fingerprint density at radius 1 is 1.17 bits per heavy atom. The van der Waals surface area contributed by atoms with E-state index in [1.165, 1.54) is 0 Å². The molecule has 1 spiro atoms. The van der Waals surface area contributed by atoms with Crippen LogP contribution in [-0.4, -0.2) is 74.3 Å². The van der Waals surface area contributed by atoms with Crippen LogP contribution in [0.25, 0.3) is 0 Å². The summed E-state index contributed by atoms with van der Waals surface area (Å²) in [6, 6.07) is 8.45. The molecule has 9 heteroatoms. The van der Waals surface area contributed by atoms with Crippen LogP contribution in [0.1, 0.15) is 45.1 Å². The molecule has 3 amide bonds. The van der Waals surface area contributed by atoms with Gasteiger partial charge in [0, 0.05) is 23.2 Å². The maximum Gasteiger partial charge on any atom is 0.244 e. The number of nitrogens with one attached hydrogen (secondary N) is 2. The molecule has 35 heavy (non-hydrogen) atoms. The molecule has 7 nitrogen and oxygen atoms in total. The summed E-state index contributed by atoms with van der Waals surface area (Å²) in [6.07, 6.45) is 3.71. The molecule has 3 saturated heterocycles. The Morgan fingerprint density at radius 2 is 1.89 bits per heavy atom. The molecule has 1 aromatic carbocycles. The summed E-state index contributed by atoms with van der Waals surface area (Å²) in [5, 5.41) is 16.4. The molecule has 3 heterocycles. The lowest BCUT2D eigenvalue weighted by Crippen LogP contribution is -2.57. The number of benzene rings is 1. The third-order valence-electron chi connectivity index (χ3n) is 7.58. The number of amides is 3. The van der Waals surface area contributed by atoms with E-state index in [0.717, 1.165) is 24.8 Å². The number of aliphatic hydroxyl groups excluding tert-OH is 1. The first-order chi connectivity index (χ1) is 16.9. The predicted octanol–water partition coefficient (Wildman–Crippen LogP) is 2.50. The first kappa shape index (κ1) is 26.5. The van der Waals surface area contributed by atoms with Crippen LogP contribution >= 0.6 is 27.7 Å². The number of thioether (sulfide) groups is 1. The fraction of sp³-hybridized carbons (Fsp3) is 0.654. The number of hydrogen-bond acceptors (Lipinski definition) is 5. The fourth-order valence-corrected chi connectivity index (χ4v) is 9.65. The van der Waals surface area contributed by atoms with Gasteiger partial charge in [0.25, 0.3) is 0 Å². The Kier molecular flexibility index (Phi) is 8.49. The van der Waals surface area contributed by atoms with Crippen molar-refractivity contribution in [3.8, 4) is 0 Å². The molecule has 2 bridgehead atoms. The Labute approximate surface area is 220 Å². The number of likely N-dealkylation sites (tertiary alicyclic amines) is 1. The van der Waals surface area contributed by atoms with Crippen LogP contribution < -0.4 is 10.6 Å². The van der Waals surface area contributed by atoms with Crippen molar-refractivity contribution in [1.29, 1.82) is 0 Å². The summed E-state index contributed by atoms with van der Waals surface area (Å²) < 4.78 is -0.690. The van der Waals surface area contributed by atoms with Gasteiger partial charge in [-0.3, -0.25) is 14.4 Å². The molecule has 3 fully saturated rings. The largest absolute Gasteiger partial charge is 0.394 e. The zero-order valence-electron chi connectivity index (χ0n) is 20.4. The van der Waals surface area contributed by atoms with Crippen LogP contribution in [0.3, 0.4) is 0 Å². The van der Waals surface area contributed by atoms with Gasteiger partial charge in [0.15, 0.2) is 0 Å².